The van der Waals surface area contributed by atoms with E-state index in [1.165, 1.54) is 6.92 Å². The summed E-state index contributed by atoms with van der Waals surface area (Å²) in [6, 6.07) is 4.62. The molecule has 2 atom stereocenters. The summed E-state index contributed by atoms with van der Waals surface area (Å²) < 4.78 is 26.2. The van der Waals surface area contributed by atoms with Crippen LogP contribution in [0.4, 0.5) is 0 Å². The molecule has 0 aliphatic carbocycles. The van der Waals surface area contributed by atoms with Gasteiger partial charge in [-0.2, -0.15) is 0 Å². The summed E-state index contributed by atoms with van der Waals surface area (Å²) in [5.41, 5.74) is 1.92. The van der Waals surface area contributed by atoms with Crippen LogP contribution in [0.1, 0.15) is 23.1 Å². The second-order valence-electron chi connectivity index (χ2n) is 6.94. The molecule has 0 aromatic carbocycles. The number of pyridine rings is 1. The van der Waals surface area contributed by atoms with E-state index in [1.807, 2.05) is 29.5 Å². The third-order valence-corrected chi connectivity index (χ3v) is 6.96. The van der Waals surface area contributed by atoms with Crippen molar-refractivity contribution < 1.29 is 18.0 Å². The maximum atomic E-state index is 13.1. The fraction of sp³-hybridized carbons (Fsp3) is 0.471. The molecule has 2 aromatic rings. The number of amides is 2. The number of imidazole rings is 1. The Bertz CT molecular complexity index is 1010. The Kier molecular flexibility index (Phi) is 3.80. The van der Waals surface area contributed by atoms with Gasteiger partial charge in [-0.25, -0.2) is 13.4 Å². The lowest BCUT2D eigenvalue weighted by molar-refractivity contribution is -0.133. The second kappa shape index (κ2) is 5.80. The van der Waals surface area contributed by atoms with E-state index in [2.05, 4.69) is 4.98 Å². The molecule has 0 bridgehead atoms. The average molecular weight is 376 g/mol. The lowest BCUT2D eigenvalue weighted by Gasteiger charge is -2.43. The van der Waals surface area contributed by atoms with Crippen LogP contribution < -0.4 is 0 Å². The summed E-state index contributed by atoms with van der Waals surface area (Å²) in [5, 5.41) is 0. The number of piperazine rings is 1. The smallest absolute Gasteiger partial charge is 0.274 e. The normalized spacial score (nSPS) is 24.7. The molecule has 2 saturated heterocycles. The molecule has 2 aliphatic rings. The maximum absolute atomic E-state index is 13.1. The van der Waals surface area contributed by atoms with E-state index in [4.69, 9.17) is 0 Å². The third-order valence-electron chi connectivity index (χ3n) is 5.26. The molecule has 0 N–H and O–H groups in total. The van der Waals surface area contributed by atoms with Crippen LogP contribution in [0, 0.1) is 6.92 Å². The van der Waals surface area contributed by atoms with Gasteiger partial charge in [-0.1, -0.05) is 6.07 Å². The van der Waals surface area contributed by atoms with E-state index in [0.717, 1.165) is 5.69 Å². The monoisotopic (exact) mass is 376 g/mol. The van der Waals surface area contributed by atoms with Gasteiger partial charge in [0.1, 0.15) is 11.3 Å². The number of rotatable bonds is 1. The zero-order valence-electron chi connectivity index (χ0n) is 14.6. The number of hydrogen-bond donors (Lipinski definition) is 0. The molecule has 8 nitrogen and oxygen atoms in total. The molecule has 2 amide bonds. The Balaban J connectivity index is 1.69. The summed E-state index contributed by atoms with van der Waals surface area (Å²) >= 11 is 0. The summed E-state index contributed by atoms with van der Waals surface area (Å²) in [5.74, 6) is -0.652. The molecule has 138 valence electrons. The first-order valence-corrected chi connectivity index (χ1v) is 10.3. The highest BCUT2D eigenvalue weighted by Crippen LogP contribution is 2.28. The van der Waals surface area contributed by atoms with Crippen molar-refractivity contribution in [1.82, 2.24) is 19.2 Å². The molecule has 2 aromatic heterocycles. The van der Waals surface area contributed by atoms with Gasteiger partial charge in [-0.15, -0.1) is 0 Å². The van der Waals surface area contributed by atoms with Crippen LogP contribution in [0.3, 0.4) is 0 Å². The lowest BCUT2D eigenvalue weighted by Crippen LogP contribution is -2.61. The quantitative estimate of drug-likeness (QED) is 0.705. The van der Waals surface area contributed by atoms with Gasteiger partial charge in [0.05, 0.1) is 23.6 Å². The van der Waals surface area contributed by atoms with Gasteiger partial charge >= 0.3 is 0 Å². The molecule has 2 unspecified atom stereocenters. The van der Waals surface area contributed by atoms with Crippen LogP contribution in [-0.4, -0.2) is 76.1 Å². The molecular weight excluding hydrogens is 356 g/mol. The number of carbonyl (C=O) groups is 2. The summed E-state index contributed by atoms with van der Waals surface area (Å²) in [6.07, 6.45) is 1.68. The fourth-order valence-electron chi connectivity index (χ4n) is 3.99. The lowest BCUT2D eigenvalue weighted by atomic mass is 10.0. The van der Waals surface area contributed by atoms with Crippen molar-refractivity contribution in [2.75, 3.05) is 24.6 Å². The highest BCUT2D eigenvalue weighted by molar-refractivity contribution is 7.91. The molecule has 9 heteroatoms. The summed E-state index contributed by atoms with van der Waals surface area (Å²) in [6.45, 7) is 4.00. The predicted octanol–water partition coefficient (Wildman–Crippen LogP) is 0.113. The first kappa shape index (κ1) is 17.0. The molecule has 2 aliphatic heterocycles. The Morgan fingerprint density at radius 3 is 2.42 bits per heavy atom. The van der Waals surface area contributed by atoms with E-state index in [9.17, 15) is 18.0 Å². The topological polar surface area (TPSA) is 92.1 Å². The Morgan fingerprint density at radius 2 is 1.77 bits per heavy atom. The highest BCUT2D eigenvalue weighted by atomic mass is 32.2. The molecule has 0 saturated carbocycles. The van der Waals surface area contributed by atoms with Crippen LogP contribution in [0.2, 0.25) is 0 Å². The number of carbonyl (C=O) groups excluding carboxylic acids is 2. The number of fused-ring (bicyclic) bond motifs is 2. The van der Waals surface area contributed by atoms with Gasteiger partial charge in [0.15, 0.2) is 9.84 Å². The van der Waals surface area contributed by atoms with Crippen molar-refractivity contribution >= 4 is 27.3 Å². The molecule has 2 fully saturated rings. The van der Waals surface area contributed by atoms with E-state index in [-0.39, 0.29) is 23.3 Å². The van der Waals surface area contributed by atoms with Gasteiger partial charge < -0.3 is 14.2 Å². The van der Waals surface area contributed by atoms with Crippen molar-refractivity contribution in [1.29, 1.82) is 0 Å². The van der Waals surface area contributed by atoms with Crippen molar-refractivity contribution in [2.24, 2.45) is 0 Å². The number of aromatic nitrogens is 2. The van der Waals surface area contributed by atoms with Crippen LogP contribution in [-0.2, 0) is 14.6 Å². The zero-order valence-corrected chi connectivity index (χ0v) is 15.4. The number of sulfone groups is 1. The van der Waals surface area contributed by atoms with Gasteiger partial charge in [-0.05, 0) is 19.1 Å². The van der Waals surface area contributed by atoms with Crippen molar-refractivity contribution in [3.05, 3.63) is 35.8 Å². The second-order valence-corrected chi connectivity index (χ2v) is 9.10. The average Bonchev–Trinajstić information content (AvgIpc) is 3.13. The van der Waals surface area contributed by atoms with Gasteiger partial charge in [0, 0.05) is 31.9 Å². The summed E-state index contributed by atoms with van der Waals surface area (Å²) in [4.78, 5) is 32.5. The van der Waals surface area contributed by atoms with E-state index in [0.29, 0.717) is 24.4 Å². The first-order chi connectivity index (χ1) is 12.3. The van der Waals surface area contributed by atoms with Crippen LogP contribution in [0.5, 0.6) is 0 Å². The van der Waals surface area contributed by atoms with Gasteiger partial charge in [0.25, 0.3) is 5.91 Å². The highest BCUT2D eigenvalue weighted by Gasteiger charge is 2.49. The largest absolute Gasteiger partial charge is 0.335 e. The molecular formula is C17H20N4O4S. The Morgan fingerprint density at radius 1 is 1.12 bits per heavy atom. The molecule has 26 heavy (non-hydrogen) atoms. The van der Waals surface area contributed by atoms with Crippen molar-refractivity contribution in [3.63, 3.8) is 0 Å². The maximum Gasteiger partial charge on any atom is 0.274 e. The minimum atomic E-state index is -3.29. The van der Waals surface area contributed by atoms with Crippen LogP contribution in [0.15, 0.2) is 24.4 Å². The standard InChI is InChI=1S/C17H20N4O4S/c1-11-4-3-5-16-18-13(8-21(11)16)17(23)20-7-6-19(12(2)22)14-9-26(24,25)10-15(14)20/h3-5,8,14-15H,6-7,9-10H2,1-2H3. The molecule has 0 spiro atoms. The zero-order chi connectivity index (χ0) is 18.6. The Hall–Kier alpha value is -2.42. The van der Waals surface area contributed by atoms with Gasteiger partial charge in [-0.3, -0.25) is 9.59 Å². The SMILES string of the molecule is CC(=O)N1CCN(C(=O)c2cn3c(C)cccc3n2)C2CS(=O)(=O)CC21. The number of nitrogens with zero attached hydrogens (tertiary/aromatic N) is 4. The number of aryl methyl sites for hydroxylation is 1. The number of hydrogen-bond acceptors (Lipinski definition) is 5. The first-order valence-electron chi connectivity index (χ1n) is 8.50. The van der Waals surface area contributed by atoms with Gasteiger partial charge in [0.2, 0.25) is 5.91 Å². The van der Waals surface area contributed by atoms with E-state index >= 15 is 0 Å². The van der Waals surface area contributed by atoms with Crippen molar-refractivity contribution in [2.45, 2.75) is 25.9 Å². The van der Waals surface area contributed by atoms with E-state index < -0.39 is 21.9 Å². The third kappa shape index (κ3) is 2.66. The van der Waals surface area contributed by atoms with Crippen LogP contribution >= 0.6 is 0 Å². The molecule has 0 radical (unpaired) electrons. The predicted molar refractivity (Wildman–Crippen MR) is 94.6 cm³/mol. The minimum absolute atomic E-state index is 0.0920. The van der Waals surface area contributed by atoms with Crippen LogP contribution in [0.25, 0.3) is 5.65 Å². The fourth-order valence-corrected chi connectivity index (χ4v) is 5.98. The van der Waals surface area contributed by atoms with Crippen molar-refractivity contribution in [3.8, 4) is 0 Å². The van der Waals surface area contributed by atoms with E-state index in [1.54, 1.807) is 16.0 Å². The Labute approximate surface area is 151 Å². The molecule has 4 rings (SSSR count). The molecule has 4 heterocycles. The summed E-state index contributed by atoms with van der Waals surface area (Å²) in [7, 11) is -3.29. The minimum Gasteiger partial charge on any atom is -0.335 e.